The van der Waals surface area contributed by atoms with Crippen molar-refractivity contribution in [1.29, 1.82) is 0 Å². The fourth-order valence-electron chi connectivity index (χ4n) is 2.32. The molecule has 0 aromatic carbocycles. The number of nitrogens with two attached hydrogens (primary N) is 1. The molecule has 0 fully saturated rings. The summed E-state index contributed by atoms with van der Waals surface area (Å²) >= 11 is 0. The number of carbonyl (C=O) groups excluding carboxylic acids is 1. The van der Waals surface area contributed by atoms with Crippen molar-refractivity contribution in [3.8, 4) is 0 Å². The highest BCUT2D eigenvalue weighted by atomic mass is 16.2. The Hall–Kier alpha value is -1.36. The molecule has 120 valence electrons. The van der Waals surface area contributed by atoms with Crippen LogP contribution in [0.25, 0.3) is 0 Å². The van der Waals surface area contributed by atoms with Crippen molar-refractivity contribution in [2.24, 2.45) is 11.1 Å². The van der Waals surface area contributed by atoms with Crippen LogP contribution in [-0.2, 0) is 13.0 Å². The number of hydrogen-bond donors (Lipinski definition) is 1. The van der Waals surface area contributed by atoms with Crippen molar-refractivity contribution in [3.05, 3.63) is 17.5 Å². The summed E-state index contributed by atoms with van der Waals surface area (Å²) in [5.41, 5.74) is 7.40. The van der Waals surface area contributed by atoms with E-state index in [1.165, 1.54) is 0 Å². The maximum Gasteiger partial charge on any atom is 0.272 e. The summed E-state index contributed by atoms with van der Waals surface area (Å²) in [6, 6.07) is 1.92. The zero-order valence-corrected chi connectivity index (χ0v) is 14.1. The number of aryl methyl sites for hydroxylation is 2. The Morgan fingerprint density at radius 2 is 2.05 bits per heavy atom. The third-order valence-corrected chi connectivity index (χ3v) is 3.66. The van der Waals surface area contributed by atoms with Gasteiger partial charge in [-0.3, -0.25) is 9.48 Å². The number of hydrogen-bond acceptors (Lipinski definition) is 3. The van der Waals surface area contributed by atoms with Crippen molar-refractivity contribution in [2.75, 3.05) is 19.6 Å². The Balaban J connectivity index is 3.02. The first kappa shape index (κ1) is 17.7. The monoisotopic (exact) mass is 294 g/mol. The van der Waals surface area contributed by atoms with E-state index < -0.39 is 0 Å². The van der Waals surface area contributed by atoms with Gasteiger partial charge in [0.05, 0.1) is 5.69 Å². The van der Waals surface area contributed by atoms with E-state index in [4.69, 9.17) is 5.73 Å². The van der Waals surface area contributed by atoms with E-state index in [0.29, 0.717) is 25.3 Å². The second-order valence-electron chi connectivity index (χ2n) is 6.29. The standard InChI is InChI=1S/C16H30N4O/c1-6-9-19(12-16(4,5)11-17)15(21)14-10-13(7-2)18-20(14)8-3/h10H,6-9,11-12,17H2,1-5H3. The number of nitrogens with zero attached hydrogens (tertiary/aromatic N) is 3. The van der Waals surface area contributed by atoms with Gasteiger partial charge in [0, 0.05) is 19.6 Å². The molecule has 0 aliphatic heterocycles. The maximum absolute atomic E-state index is 12.9. The highest BCUT2D eigenvalue weighted by Gasteiger charge is 2.26. The van der Waals surface area contributed by atoms with Gasteiger partial charge in [0.2, 0.25) is 0 Å². The lowest BCUT2D eigenvalue weighted by molar-refractivity contribution is 0.0677. The molecule has 21 heavy (non-hydrogen) atoms. The summed E-state index contributed by atoms with van der Waals surface area (Å²) in [4.78, 5) is 14.8. The van der Waals surface area contributed by atoms with E-state index in [2.05, 4.69) is 32.8 Å². The number of rotatable bonds is 8. The molecule has 2 N–H and O–H groups in total. The molecule has 0 spiro atoms. The third-order valence-electron chi connectivity index (χ3n) is 3.66. The average molecular weight is 294 g/mol. The smallest absolute Gasteiger partial charge is 0.272 e. The van der Waals surface area contributed by atoms with Crippen LogP contribution in [-0.4, -0.2) is 40.2 Å². The molecular weight excluding hydrogens is 264 g/mol. The Kier molecular flexibility index (Phi) is 6.40. The van der Waals surface area contributed by atoms with Crippen LogP contribution in [0.4, 0.5) is 0 Å². The lowest BCUT2D eigenvalue weighted by Crippen LogP contribution is -2.43. The topological polar surface area (TPSA) is 64.2 Å². The van der Waals surface area contributed by atoms with Gasteiger partial charge in [-0.25, -0.2) is 0 Å². The van der Waals surface area contributed by atoms with E-state index in [-0.39, 0.29) is 11.3 Å². The van der Waals surface area contributed by atoms with Crippen molar-refractivity contribution in [1.82, 2.24) is 14.7 Å². The van der Waals surface area contributed by atoms with Crippen LogP contribution in [0.15, 0.2) is 6.07 Å². The first-order valence-corrected chi connectivity index (χ1v) is 7.94. The highest BCUT2D eigenvalue weighted by Crippen LogP contribution is 2.18. The van der Waals surface area contributed by atoms with Crippen LogP contribution >= 0.6 is 0 Å². The van der Waals surface area contributed by atoms with Gasteiger partial charge in [0.25, 0.3) is 5.91 Å². The predicted octanol–water partition coefficient (Wildman–Crippen LogP) is 2.30. The molecular formula is C16H30N4O. The SMILES string of the molecule is CCCN(CC(C)(C)CN)C(=O)c1cc(CC)nn1CC. The molecule has 0 unspecified atom stereocenters. The van der Waals surface area contributed by atoms with Crippen molar-refractivity contribution in [3.63, 3.8) is 0 Å². The molecule has 0 radical (unpaired) electrons. The lowest BCUT2D eigenvalue weighted by atomic mass is 9.93. The van der Waals surface area contributed by atoms with E-state index in [9.17, 15) is 4.79 Å². The second kappa shape index (κ2) is 7.59. The minimum Gasteiger partial charge on any atom is -0.337 e. The highest BCUT2D eigenvalue weighted by molar-refractivity contribution is 5.92. The minimum atomic E-state index is -0.0739. The van der Waals surface area contributed by atoms with Gasteiger partial charge in [0.15, 0.2) is 0 Å². The maximum atomic E-state index is 12.9. The number of aromatic nitrogens is 2. The van der Waals surface area contributed by atoms with Crippen LogP contribution in [0.1, 0.15) is 57.2 Å². The fraction of sp³-hybridized carbons (Fsp3) is 0.750. The molecule has 1 aromatic heterocycles. The zero-order chi connectivity index (χ0) is 16.0. The molecule has 5 heteroatoms. The van der Waals surface area contributed by atoms with Gasteiger partial charge < -0.3 is 10.6 Å². The molecule has 5 nitrogen and oxygen atoms in total. The van der Waals surface area contributed by atoms with E-state index in [0.717, 1.165) is 25.1 Å². The van der Waals surface area contributed by atoms with Crippen molar-refractivity contribution in [2.45, 2.75) is 54.0 Å². The van der Waals surface area contributed by atoms with Crippen LogP contribution < -0.4 is 5.73 Å². The molecule has 1 rings (SSSR count). The Labute approximate surface area is 128 Å². The Bertz CT molecular complexity index is 465. The summed E-state index contributed by atoms with van der Waals surface area (Å²) in [5, 5.41) is 4.47. The molecule has 1 heterocycles. The van der Waals surface area contributed by atoms with Crippen LogP contribution in [0.5, 0.6) is 0 Å². The Morgan fingerprint density at radius 3 is 2.52 bits per heavy atom. The summed E-state index contributed by atoms with van der Waals surface area (Å²) in [6.07, 6.45) is 1.78. The first-order valence-electron chi connectivity index (χ1n) is 7.94. The van der Waals surface area contributed by atoms with Gasteiger partial charge in [0.1, 0.15) is 5.69 Å². The van der Waals surface area contributed by atoms with Crippen molar-refractivity contribution >= 4 is 5.91 Å². The quantitative estimate of drug-likeness (QED) is 0.800. The van der Waals surface area contributed by atoms with Crippen LogP contribution in [0.3, 0.4) is 0 Å². The fourth-order valence-corrected chi connectivity index (χ4v) is 2.32. The van der Waals surface area contributed by atoms with E-state index in [1.807, 2.05) is 17.9 Å². The summed E-state index contributed by atoms with van der Waals surface area (Å²) in [7, 11) is 0. The van der Waals surface area contributed by atoms with Gasteiger partial charge in [-0.05, 0) is 37.8 Å². The van der Waals surface area contributed by atoms with E-state index in [1.54, 1.807) is 4.68 Å². The molecule has 0 saturated carbocycles. The van der Waals surface area contributed by atoms with Crippen LogP contribution in [0.2, 0.25) is 0 Å². The van der Waals surface area contributed by atoms with Gasteiger partial charge >= 0.3 is 0 Å². The van der Waals surface area contributed by atoms with Gasteiger partial charge in [-0.1, -0.05) is 27.7 Å². The van der Waals surface area contributed by atoms with Gasteiger partial charge in [-0.2, -0.15) is 5.10 Å². The van der Waals surface area contributed by atoms with Crippen LogP contribution in [0, 0.1) is 5.41 Å². The molecule has 0 atom stereocenters. The minimum absolute atomic E-state index is 0.0624. The molecule has 0 saturated heterocycles. The number of amides is 1. The summed E-state index contributed by atoms with van der Waals surface area (Å²) in [6.45, 7) is 13.0. The first-order chi connectivity index (χ1) is 9.88. The molecule has 0 aliphatic carbocycles. The van der Waals surface area contributed by atoms with E-state index >= 15 is 0 Å². The van der Waals surface area contributed by atoms with Gasteiger partial charge in [-0.15, -0.1) is 0 Å². The predicted molar refractivity (Wildman–Crippen MR) is 86.3 cm³/mol. The molecule has 0 bridgehead atoms. The largest absolute Gasteiger partial charge is 0.337 e. The third kappa shape index (κ3) is 4.56. The molecule has 0 aliphatic rings. The molecule has 1 aromatic rings. The zero-order valence-electron chi connectivity index (χ0n) is 14.1. The Morgan fingerprint density at radius 1 is 1.38 bits per heavy atom. The van der Waals surface area contributed by atoms with Crippen molar-refractivity contribution < 1.29 is 4.79 Å². The molecule has 1 amide bonds. The second-order valence-corrected chi connectivity index (χ2v) is 6.29. The normalized spacial score (nSPS) is 11.7. The summed E-state index contributed by atoms with van der Waals surface area (Å²) < 4.78 is 1.80. The number of carbonyl (C=O) groups is 1. The lowest BCUT2D eigenvalue weighted by Gasteiger charge is -2.31. The average Bonchev–Trinajstić information content (AvgIpc) is 2.89. The summed E-state index contributed by atoms with van der Waals surface area (Å²) in [5.74, 6) is 0.0624.